The molecule has 0 saturated heterocycles. The molecule has 0 saturated carbocycles. The summed E-state index contributed by atoms with van der Waals surface area (Å²) in [5.74, 6) is -1.68. The smallest absolute Gasteiger partial charge is 0.257 e. The summed E-state index contributed by atoms with van der Waals surface area (Å²) >= 11 is 6.05. The molecule has 0 fully saturated rings. The highest BCUT2D eigenvalue weighted by atomic mass is 35.5. The maximum Gasteiger partial charge on any atom is 0.257 e. The van der Waals surface area contributed by atoms with Gasteiger partial charge in [0.15, 0.2) is 0 Å². The Morgan fingerprint density at radius 1 is 0.935 bits per heavy atom. The first-order valence-electron chi connectivity index (χ1n) is 8.90. The number of nitrogens with two attached hydrogens (primary N) is 1. The number of hydrogen-bond acceptors (Lipinski definition) is 4. The highest BCUT2D eigenvalue weighted by Crippen LogP contribution is 2.22. The van der Waals surface area contributed by atoms with Gasteiger partial charge in [0.1, 0.15) is 5.82 Å². The van der Waals surface area contributed by atoms with Crippen LogP contribution < -0.4 is 15.8 Å². The normalized spacial score (nSPS) is 11.1. The third kappa shape index (κ3) is 5.88. The highest BCUT2D eigenvalue weighted by molar-refractivity contribution is 7.89. The van der Waals surface area contributed by atoms with Crippen LogP contribution in [-0.4, -0.2) is 20.2 Å². The van der Waals surface area contributed by atoms with Gasteiger partial charge in [0.2, 0.25) is 15.9 Å². The van der Waals surface area contributed by atoms with Gasteiger partial charge in [0.25, 0.3) is 5.91 Å². The fraction of sp³-hybridized carbons (Fsp3) is 0.0476. The van der Waals surface area contributed by atoms with Gasteiger partial charge in [-0.05, 0) is 54.1 Å². The van der Waals surface area contributed by atoms with Crippen molar-refractivity contribution in [1.29, 1.82) is 0 Å². The second-order valence-corrected chi connectivity index (χ2v) is 8.47. The van der Waals surface area contributed by atoms with E-state index in [2.05, 4.69) is 10.6 Å². The topological polar surface area (TPSA) is 118 Å². The molecule has 0 spiro atoms. The molecule has 31 heavy (non-hydrogen) atoms. The first-order chi connectivity index (χ1) is 14.6. The standard InChI is InChI=1S/C21H17ClFN3O4S/c22-18-4-2-1-3-13(18)11-20(27)25-16-9-10-17(19(12-16)31(24,29)30)21(28)26-15-7-5-14(23)6-8-15/h1-10,12H,11H2,(H,25,27)(H,26,28)(H2,24,29,30). The van der Waals surface area contributed by atoms with Crippen LogP contribution in [-0.2, 0) is 21.2 Å². The molecule has 3 aromatic rings. The van der Waals surface area contributed by atoms with Crippen molar-refractivity contribution in [2.24, 2.45) is 5.14 Å². The van der Waals surface area contributed by atoms with Gasteiger partial charge in [-0.1, -0.05) is 29.8 Å². The SMILES string of the molecule is NS(=O)(=O)c1cc(NC(=O)Cc2ccccc2Cl)ccc1C(=O)Nc1ccc(F)cc1. The summed E-state index contributed by atoms with van der Waals surface area (Å²) in [7, 11) is -4.29. The van der Waals surface area contributed by atoms with Gasteiger partial charge in [-0.15, -0.1) is 0 Å². The number of sulfonamides is 1. The fourth-order valence-corrected chi connectivity index (χ4v) is 3.74. The molecule has 0 aliphatic carbocycles. The van der Waals surface area contributed by atoms with Gasteiger partial charge in [0, 0.05) is 16.4 Å². The van der Waals surface area contributed by atoms with Gasteiger partial charge in [0.05, 0.1) is 16.9 Å². The number of carbonyl (C=O) groups excluding carboxylic acids is 2. The molecule has 160 valence electrons. The molecule has 0 heterocycles. The Hall–Kier alpha value is -3.27. The van der Waals surface area contributed by atoms with Gasteiger partial charge in [-0.3, -0.25) is 9.59 Å². The van der Waals surface area contributed by atoms with Crippen molar-refractivity contribution in [3.8, 4) is 0 Å². The van der Waals surface area contributed by atoms with Gasteiger partial charge >= 0.3 is 0 Å². The number of halogens is 2. The molecule has 0 aromatic heterocycles. The Morgan fingerprint density at radius 3 is 2.23 bits per heavy atom. The molecule has 0 unspecified atom stereocenters. The molecule has 3 aromatic carbocycles. The van der Waals surface area contributed by atoms with E-state index in [1.165, 1.54) is 24.3 Å². The number of nitrogens with one attached hydrogen (secondary N) is 2. The van der Waals surface area contributed by atoms with Crippen LogP contribution in [0.2, 0.25) is 5.02 Å². The first kappa shape index (κ1) is 22.4. The molecule has 0 bridgehead atoms. The minimum Gasteiger partial charge on any atom is -0.326 e. The number of benzene rings is 3. The summed E-state index contributed by atoms with van der Waals surface area (Å²) in [6.07, 6.45) is -0.0306. The lowest BCUT2D eigenvalue weighted by Crippen LogP contribution is -2.21. The van der Waals surface area contributed by atoms with Crippen LogP contribution in [0.1, 0.15) is 15.9 Å². The molecular weight excluding hydrogens is 445 g/mol. The molecule has 3 rings (SSSR count). The van der Waals surface area contributed by atoms with E-state index in [1.54, 1.807) is 24.3 Å². The zero-order chi connectivity index (χ0) is 22.6. The molecule has 0 atom stereocenters. The van der Waals surface area contributed by atoms with E-state index in [4.69, 9.17) is 16.7 Å². The zero-order valence-corrected chi connectivity index (χ0v) is 17.5. The lowest BCUT2D eigenvalue weighted by Gasteiger charge is -2.12. The van der Waals surface area contributed by atoms with Crippen LogP contribution >= 0.6 is 11.6 Å². The Morgan fingerprint density at radius 2 is 1.58 bits per heavy atom. The monoisotopic (exact) mass is 461 g/mol. The van der Waals surface area contributed by atoms with Crippen molar-refractivity contribution in [3.05, 3.63) is 88.7 Å². The molecule has 0 radical (unpaired) electrons. The maximum absolute atomic E-state index is 13.0. The summed E-state index contributed by atoms with van der Waals surface area (Å²) in [4.78, 5) is 24.4. The first-order valence-corrected chi connectivity index (χ1v) is 10.8. The second kappa shape index (κ2) is 9.25. The van der Waals surface area contributed by atoms with Crippen molar-refractivity contribution in [2.75, 3.05) is 10.6 Å². The van der Waals surface area contributed by atoms with Crippen molar-refractivity contribution in [1.82, 2.24) is 0 Å². The maximum atomic E-state index is 13.0. The van der Waals surface area contributed by atoms with Gasteiger partial charge < -0.3 is 10.6 Å². The van der Waals surface area contributed by atoms with Crippen molar-refractivity contribution >= 4 is 44.8 Å². The van der Waals surface area contributed by atoms with E-state index in [-0.39, 0.29) is 23.4 Å². The molecule has 4 N–H and O–H groups in total. The van der Waals surface area contributed by atoms with Crippen LogP contribution in [0, 0.1) is 5.82 Å². The minimum atomic E-state index is -4.29. The minimum absolute atomic E-state index is 0.0306. The van der Waals surface area contributed by atoms with E-state index >= 15 is 0 Å². The predicted molar refractivity (Wildman–Crippen MR) is 116 cm³/mol. The Labute approximate surface area is 183 Å². The second-order valence-electron chi connectivity index (χ2n) is 6.53. The lowest BCUT2D eigenvalue weighted by molar-refractivity contribution is -0.115. The number of anilines is 2. The number of carbonyl (C=O) groups is 2. The van der Waals surface area contributed by atoms with Crippen molar-refractivity contribution < 1.29 is 22.4 Å². The Bertz CT molecular complexity index is 1250. The summed E-state index contributed by atoms with van der Waals surface area (Å²) in [6.45, 7) is 0. The van der Waals surface area contributed by atoms with E-state index < -0.39 is 32.6 Å². The summed E-state index contributed by atoms with van der Waals surface area (Å²) in [5, 5.41) is 10.7. The predicted octanol–water partition coefficient (Wildman–Crippen LogP) is 3.56. The van der Waals surface area contributed by atoms with Crippen molar-refractivity contribution in [2.45, 2.75) is 11.3 Å². The molecule has 2 amide bonds. The summed E-state index contributed by atoms with van der Waals surface area (Å²) in [6, 6.07) is 15.5. The number of primary sulfonamides is 1. The molecule has 0 aliphatic rings. The lowest BCUT2D eigenvalue weighted by atomic mass is 10.1. The van der Waals surface area contributed by atoms with Gasteiger partial charge in [-0.2, -0.15) is 0 Å². The van der Waals surface area contributed by atoms with Crippen LogP contribution in [0.25, 0.3) is 0 Å². The average molecular weight is 462 g/mol. The van der Waals surface area contributed by atoms with Crippen LogP contribution in [0.4, 0.5) is 15.8 Å². The number of hydrogen-bond donors (Lipinski definition) is 3. The quantitative estimate of drug-likeness (QED) is 0.520. The zero-order valence-electron chi connectivity index (χ0n) is 15.9. The van der Waals surface area contributed by atoms with Crippen LogP contribution in [0.5, 0.6) is 0 Å². The third-order valence-corrected chi connectivity index (χ3v) is 5.55. The third-order valence-electron chi connectivity index (χ3n) is 4.23. The highest BCUT2D eigenvalue weighted by Gasteiger charge is 2.21. The van der Waals surface area contributed by atoms with Gasteiger partial charge in [-0.25, -0.2) is 17.9 Å². The fourth-order valence-electron chi connectivity index (χ4n) is 2.77. The largest absolute Gasteiger partial charge is 0.326 e. The van der Waals surface area contributed by atoms with Crippen LogP contribution in [0.3, 0.4) is 0 Å². The van der Waals surface area contributed by atoms with E-state index in [0.29, 0.717) is 10.6 Å². The molecular formula is C21H17ClFN3O4S. The van der Waals surface area contributed by atoms with Crippen molar-refractivity contribution in [3.63, 3.8) is 0 Å². The summed E-state index contributed by atoms with van der Waals surface area (Å²) in [5.41, 5.74) is 0.780. The molecule has 10 heteroatoms. The average Bonchev–Trinajstić information content (AvgIpc) is 2.70. The van der Waals surface area contributed by atoms with E-state index in [1.807, 2.05) is 0 Å². The molecule has 7 nitrogen and oxygen atoms in total. The Kier molecular flexibility index (Phi) is 6.69. The van der Waals surface area contributed by atoms with E-state index in [9.17, 15) is 22.4 Å². The van der Waals surface area contributed by atoms with E-state index in [0.717, 1.165) is 18.2 Å². The van der Waals surface area contributed by atoms with Crippen LogP contribution in [0.15, 0.2) is 71.6 Å². The number of amides is 2. The number of rotatable bonds is 6. The summed E-state index contributed by atoms with van der Waals surface area (Å²) < 4.78 is 37.1. The molecule has 0 aliphatic heterocycles. The Balaban J connectivity index is 1.83.